The normalized spacial score (nSPS) is 20.1. The number of piperidine rings is 1. The third kappa shape index (κ3) is 4.28. The van der Waals surface area contributed by atoms with Gasteiger partial charge in [-0.1, -0.05) is 6.07 Å². The van der Waals surface area contributed by atoms with Gasteiger partial charge in [0.2, 0.25) is 0 Å². The first-order valence-corrected chi connectivity index (χ1v) is 12.9. The zero-order chi connectivity index (χ0) is 24.9. The summed E-state index contributed by atoms with van der Waals surface area (Å²) < 4.78 is 34.0. The number of carbonyl (C=O) groups excluding carboxylic acids is 1. The molecule has 5 rings (SSSR count). The first kappa shape index (κ1) is 23.4. The van der Waals surface area contributed by atoms with E-state index in [0.717, 1.165) is 36.0 Å². The molecule has 1 amide bonds. The number of ether oxygens (including phenoxy) is 1. The number of rotatable bonds is 4. The minimum atomic E-state index is -3.38. The summed E-state index contributed by atoms with van der Waals surface area (Å²) in [7, 11) is -1.55. The largest absolute Gasteiger partial charge is 0.491 e. The Morgan fingerprint density at radius 2 is 2.11 bits per heavy atom. The Labute approximate surface area is 204 Å². The Morgan fingerprint density at radius 1 is 1.31 bits per heavy atom. The fourth-order valence-electron chi connectivity index (χ4n) is 4.87. The van der Waals surface area contributed by atoms with Gasteiger partial charge in [0.1, 0.15) is 12.4 Å². The van der Waals surface area contributed by atoms with E-state index in [1.165, 1.54) is 0 Å². The summed E-state index contributed by atoms with van der Waals surface area (Å²) in [5.41, 5.74) is 9.76. The van der Waals surface area contributed by atoms with Gasteiger partial charge in [-0.3, -0.25) is 23.3 Å². The van der Waals surface area contributed by atoms with Crippen molar-refractivity contribution in [1.29, 1.82) is 0 Å². The molecule has 1 atom stereocenters. The van der Waals surface area contributed by atoms with E-state index in [-0.39, 0.29) is 24.4 Å². The fraction of sp³-hybridized carbons (Fsp3) is 0.391. The Hall–Kier alpha value is -3.35. The van der Waals surface area contributed by atoms with Crippen molar-refractivity contribution in [3.63, 3.8) is 0 Å². The fourth-order valence-corrected chi connectivity index (χ4v) is 5.75. The van der Waals surface area contributed by atoms with Crippen LogP contribution in [0.4, 0.5) is 5.69 Å². The van der Waals surface area contributed by atoms with E-state index in [1.807, 2.05) is 31.9 Å². The van der Waals surface area contributed by atoms with Gasteiger partial charge in [0, 0.05) is 19.3 Å². The highest BCUT2D eigenvalue weighted by atomic mass is 32.3. The number of hydrogen-bond acceptors (Lipinski definition) is 9. The first-order chi connectivity index (χ1) is 16.6. The highest BCUT2D eigenvalue weighted by Gasteiger charge is 2.31. The van der Waals surface area contributed by atoms with E-state index in [1.54, 1.807) is 22.9 Å². The van der Waals surface area contributed by atoms with Crippen LogP contribution >= 0.6 is 11.0 Å². The molecule has 1 aromatic carbocycles. The zero-order valence-electron chi connectivity index (χ0n) is 19.9. The van der Waals surface area contributed by atoms with Gasteiger partial charge < -0.3 is 15.4 Å². The van der Waals surface area contributed by atoms with Crippen molar-refractivity contribution in [2.45, 2.75) is 39.2 Å². The topological polar surface area (TPSA) is 151 Å². The zero-order valence-corrected chi connectivity index (χ0v) is 20.7. The minimum Gasteiger partial charge on any atom is -0.491 e. The van der Waals surface area contributed by atoms with E-state index >= 15 is 0 Å². The molecule has 4 heterocycles. The summed E-state index contributed by atoms with van der Waals surface area (Å²) in [4.78, 5) is 20.3. The van der Waals surface area contributed by atoms with Crippen LogP contribution in [0.15, 0.2) is 28.7 Å². The monoisotopic (exact) mass is 499 g/mol. The van der Waals surface area contributed by atoms with E-state index in [2.05, 4.69) is 19.2 Å². The number of fused-ring (bicyclic) bond motifs is 2. The van der Waals surface area contributed by atoms with Crippen LogP contribution in [0.5, 0.6) is 5.75 Å². The van der Waals surface area contributed by atoms with E-state index in [4.69, 9.17) is 10.5 Å². The van der Waals surface area contributed by atoms with Crippen molar-refractivity contribution in [2.24, 2.45) is 17.2 Å². The maximum Gasteiger partial charge on any atom is 0.255 e. The van der Waals surface area contributed by atoms with Gasteiger partial charge in [0.15, 0.2) is 11.5 Å². The molecule has 12 heteroatoms. The molecule has 0 aliphatic carbocycles. The minimum absolute atomic E-state index is 0.00682. The van der Waals surface area contributed by atoms with Gasteiger partial charge in [-0.2, -0.15) is 5.10 Å². The van der Waals surface area contributed by atoms with E-state index in [9.17, 15) is 13.9 Å². The molecule has 2 aliphatic heterocycles. The summed E-state index contributed by atoms with van der Waals surface area (Å²) in [6.07, 6.45) is 2.72. The molecule has 0 unspecified atom stereocenters. The van der Waals surface area contributed by atoms with Crippen molar-refractivity contribution in [3.8, 4) is 5.75 Å². The van der Waals surface area contributed by atoms with E-state index < -0.39 is 11.0 Å². The van der Waals surface area contributed by atoms with Crippen LogP contribution in [-0.4, -0.2) is 59.7 Å². The molecular weight excluding hydrogens is 470 g/mol. The summed E-state index contributed by atoms with van der Waals surface area (Å²) in [6, 6.07) is 6.87. The molecule has 35 heavy (non-hydrogen) atoms. The van der Waals surface area contributed by atoms with Crippen LogP contribution in [0.3, 0.4) is 0 Å². The SMILES string of the molecule is Cc1cc(C(=O)N2CCCC[C@@H]2COc2cccc3c2C(N)=NS(O)(O)N3)c2c(C)nn(C)c2n1. The molecule has 0 bridgehead atoms. The smallest absolute Gasteiger partial charge is 0.255 e. The van der Waals surface area contributed by atoms with Crippen LogP contribution < -0.4 is 15.2 Å². The lowest BCUT2D eigenvalue weighted by Gasteiger charge is -2.36. The van der Waals surface area contributed by atoms with Crippen LogP contribution in [-0.2, 0) is 7.05 Å². The van der Waals surface area contributed by atoms with Gasteiger partial charge in [-0.05, 0) is 62.3 Å². The maximum absolute atomic E-state index is 13.8. The number of anilines is 1. The number of benzene rings is 1. The highest BCUT2D eigenvalue weighted by Crippen LogP contribution is 2.46. The Bertz CT molecular complexity index is 1350. The van der Waals surface area contributed by atoms with Crippen molar-refractivity contribution in [1.82, 2.24) is 19.7 Å². The second-order valence-electron chi connectivity index (χ2n) is 8.95. The van der Waals surface area contributed by atoms with Crippen LogP contribution in [0.1, 0.15) is 46.6 Å². The number of pyridine rings is 1. The predicted octanol–water partition coefficient (Wildman–Crippen LogP) is 3.37. The quantitative estimate of drug-likeness (QED) is 0.426. The Morgan fingerprint density at radius 3 is 2.91 bits per heavy atom. The summed E-state index contributed by atoms with van der Waals surface area (Å²) in [6.45, 7) is 4.67. The number of amidine groups is 1. The summed E-state index contributed by atoms with van der Waals surface area (Å²) in [5, 5.41) is 5.25. The molecule has 3 aromatic rings. The highest BCUT2D eigenvalue weighted by molar-refractivity contribution is 8.24. The Kier molecular flexibility index (Phi) is 5.82. The van der Waals surface area contributed by atoms with Crippen molar-refractivity contribution >= 4 is 39.4 Å². The van der Waals surface area contributed by atoms with Crippen molar-refractivity contribution in [3.05, 3.63) is 46.8 Å². The summed E-state index contributed by atoms with van der Waals surface area (Å²) >= 11 is 0. The molecule has 2 aliphatic rings. The lowest BCUT2D eigenvalue weighted by molar-refractivity contribution is 0.0530. The van der Waals surface area contributed by atoms with Crippen molar-refractivity contribution < 1.29 is 18.6 Å². The number of nitrogens with two attached hydrogens (primary N) is 1. The molecule has 1 fully saturated rings. The molecule has 1 saturated heterocycles. The second-order valence-corrected chi connectivity index (χ2v) is 10.4. The number of nitrogens with one attached hydrogen (secondary N) is 1. The number of hydrogen-bond donors (Lipinski definition) is 4. The molecule has 11 nitrogen and oxygen atoms in total. The van der Waals surface area contributed by atoms with Crippen LogP contribution in [0.2, 0.25) is 0 Å². The maximum atomic E-state index is 13.8. The average Bonchev–Trinajstić information content (AvgIpc) is 3.08. The lowest BCUT2D eigenvalue weighted by Crippen LogP contribution is -2.47. The number of carbonyl (C=O) groups is 1. The van der Waals surface area contributed by atoms with E-state index in [0.29, 0.717) is 34.8 Å². The molecule has 0 radical (unpaired) electrons. The van der Waals surface area contributed by atoms with Gasteiger partial charge in [-0.15, -0.1) is 4.40 Å². The summed E-state index contributed by atoms with van der Waals surface area (Å²) in [5.74, 6) is 0.402. The van der Waals surface area contributed by atoms with Crippen molar-refractivity contribution in [2.75, 3.05) is 17.9 Å². The van der Waals surface area contributed by atoms with Crippen LogP contribution in [0.25, 0.3) is 11.0 Å². The van der Waals surface area contributed by atoms with Gasteiger partial charge in [0.25, 0.3) is 5.91 Å². The first-order valence-electron chi connectivity index (χ1n) is 11.4. The van der Waals surface area contributed by atoms with Gasteiger partial charge in [0.05, 0.1) is 33.9 Å². The third-order valence-corrected chi connectivity index (χ3v) is 7.35. The van der Waals surface area contributed by atoms with Crippen LogP contribution in [0, 0.1) is 13.8 Å². The molecule has 0 spiro atoms. The molecular formula is C23H29N7O4S. The predicted molar refractivity (Wildman–Crippen MR) is 136 cm³/mol. The molecule has 0 saturated carbocycles. The lowest BCUT2D eigenvalue weighted by atomic mass is 10.00. The number of nitrogens with zero attached hydrogens (tertiary/aromatic N) is 5. The van der Waals surface area contributed by atoms with Gasteiger partial charge >= 0.3 is 0 Å². The number of aromatic nitrogens is 3. The second kappa shape index (κ2) is 8.70. The molecule has 2 aromatic heterocycles. The average molecular weight is 500 g/mol. The Balaban J connectivity index is 1.42. The standard InChI is InChI=1S/C23H29N7O4S/c1-13-11-16(19-14(2)26-29(3)22(19)25-13)23(31)30-10-5-4-7-15(30)12-34-18-9-6-8-17-20(18)21(24)28-35(32,33)27-17/h6,8-9,11,15,27,32-33H,4-5,7,10,12H2,1-3H3,(H2,24,28)/t15-/m1/s1. The molecule has 186 valence electrons. The molecule has 5 N–H and O–H groups in total. The number of aryl methyl sites for hydroxylation is 3. The number of amides is 1. The number of likely N-dealkylation sites (tertiary alicyclic amines) is 1. The van der Waals surface area contributed by atoms with Gasteiger partial charge in [-0.25, -0.2) is 4.98 Å². The third-order valence-electron chi connectivity index (χ3n) is 6.40.